The molecule has 1 fully saturated rings. The number of phenols is 1. The van der Waals surface area contributed by atoms with Crippen molar-refractivity contribution in [3.63, 3.8) is 0 Å². The molecule has 0 saturated carbocycles. The molecule has 0 amide bonds. The number of rotatable bonds is 3. The van der Waals surface area contributed by atoms with Gasteiger partial charge in [0, 0.05) is 27.4 Å². The fourth-order valence-corrected chi connectivity index (χ4v) is 4.26. The summed E-state index contributed by atoms with van der Waals surface area (Å²) in [4.78, 5) is 4.04. The lowest BCUT2D eigenvalue weighted by Crippen LogP contribution is -3.13. The molecule has 1 aliphatic rings. The van der Waals surface area contributed by atoms with Gasteiger partial charge in [-0.1, -0.05) is 53.1 Å². The minimum absolute atomic E-state index is 0.0806. The molecule has 29 heavy (non-hydrogen) atoms. The summed E-state index contributed by atoms with van der Waals surface area (Å²) in [6.07, 6.45) is 0. The summed E-state index contributed by atoms with van der Waals surface area (Å²) in [5, 5.41) is 11.7. The summed E-state index contributed by atoms with van der Waals surface area (Å²) in [5.41, 5.74) is 4.53. The lowest BCUT2D eigenvalue weighted by atomic mass is 9.78. The fourth-order valence-electron chi connectivity index (χ4n) is 4.14. The van der Waals surface area contributed by atoms with Crippen LogP contribution in [0, 0.1) is 0 Å². The van der Waals surface area contributed by atoms with Gasteiger partial charge >= 0.3 is 0 Å². The molecule has 2 aromatic rings. The topological polar surface area (TPSA) is 27.9 Å². The van der Waals surface area contributed by atoms with E-state index in [1.54, 1.807) is 4.90 Å². The smallest absolute Gasteiger partial charge is 0.123 e. The zero-order valence-corrected chi connectivity index (χ0v) is 19.5. The number of aromatic hydroxyl groups is 1. The number of benzene rings is 2. The van der Waals surface area contributed by atoms with Gasteiger partial charge < -0.3 is 14.9 Å². The summed E-state index contributed by atoms with van der Waals surface area (Å²) in [6.45, 7) is 18.4. The first-order valence-electron chi connectivity index (χ1n) is 10.7. The van der Waals surface area contributed by atoms with Crippen LogP contribution in [-0.4, -0.2) is 31.3 Å². The highest BCUT2D eigenvalue weighted by Crippen LogP contribution is 2.39. The molecule has 3 rings (SSSR count). The molecule has 0 bridgehead atoms. The first kappa shape index (κ1) is 22.0. The van der Waals surface area contributed by atoms with Gasteiger partial charge in [-0.2, -0.15) is 0 Å². The Labute approximate surface area is 181 Å². The first-order chi connectivity index (χ1) is 13.4. The van der Waals surface area contributed by atoms with Crippen LogP contribution in [0.15, 0.2) is 36.4 Å². The largest absolute Gasteiger partial charge is 0.507 e. The zero-order valence-electron chi connectivity index (χ0n) is 18.8. The van der Waals surface area contributed by atoms with E-state index in [4.69, 9.17) is 11.6 Å². The lowest BCUT2D eigenvalue weighted by Gasteiger charge is -2.34. The second-order valence-corrected chi connectivity index (χ2v) is 10.9. The van der Waals surface area contributed by atoms with Crippen molar-refractivity contribution in [2.24, 2.45) is 0 Å². The van der Waals surface area contributed by atoms with E-state index in [-0.39, 0.29) is 10.8 Å². The van der Waals surface area contributed by atoms with Crippen molar-refractivity contribution >= 4 is 17.3 Å². The van der Waals surface area contributed by atoms with E-state index in [0.29, 0.717) is 5.75 Å². The number of nitrogens with zero attached hydrogens (tertiary/aromatic N) is 1. The molecule has 0 aromatic heterocycles. The van der Waals surface area contributed by atoms with Crippen LogP contribution in [0.3, 0.4) is 0 Å². The minimum atomic E-state index is -0.0806. The highest BCUT2D eigenvalue weighted by Gasteiger charge is 2.28. The van der Waals surface area contributed by atoms with Crippen molar-refractivity contribution in [1.82, 2.24) is 0 Å². The molecule has 1 aliphatic heterocycles. The van der Waals surface area contributed by atoms with Crippen LogP contribution in [0.4, 0.5) is 5.69 Å². The number of nitrogens with one attached hydrogen (secondary N) is 1. The Morgan fingerprint density at radius 3 is 1.83 bits per heavy atom. The monoisotopic (exact) mass is 415 g/mol. The van der Waals surface area contributed by atoms with E-state index in [0.717, 1.165) is 48.9 Å². The Morgan fingerprint density at radius 1 is 0.897 bits per heavy atom. The van der Waals surface area contributed by atoms with Crippen LogP contribution in [0.2, 0.25) is 5.02 Å². The number of hydrogen-bond acceptors (Lipinski definition) is 2. The number of halogens is 1. The average molecular weight is 416 g/mol. The van der Waals surface area contributed by atoms with Crippen molar-refractivity contribution in [3.05, 3.63) is 58.1 Å². The average Bonchev–Trinajstić information content (AvgIpc) is 2.62. The number of phenolic OH excluding ortho intramolecular Hbond substituents is 1. The van der Waals surface area contributed by atoms with E-state index in [1.165, 1.54) is 11.3 Å². The molecule has 0 radical (unpaired) electrons. The Morgan fingerprint density at radius 2 is 1.38 bits per heavy atom. The van der Waals surface area contributed by atoms with E-state index in [9.17, 15) is 5.11 Å². The summed E-state index contributed by atoms with van der Waals surface area (Å²) in [5.74, 6) is 0.469. The fraction of sp³-hybridized carbons (Fsp3) is 0.520. The molecule has 158 valence electrons. The van der Waals surface area contributed by atoms with Crippen molar-refractivity contribution in [2.45, 2.75) is 58.9 Å². The molecule has 2 N–H and O–H groups in total. The van der Waals surface area contributed by atoms with Gasteiger partial charge in [-0.05, 0) is 47.2 Å². The van der Waals surface area contributed by atoms with Gasteiger partial charge in [0.2, 0.25) is 0 Å². The van der Waals surface area contributed by atoms with Gasteiger partial charge in [0.05, 0.1) is 26.2 Å². The Bertz CT molecular complexity index is 804. The predicted molar refractivity (Wildman–Crippen MR) is 124 cm³/mol. The van der Waals surface area contributed by atoms with Gasteiger partial charge in [0.1, 0.15) is 12.3 Å². The Balaban J connectivity index is 1.76. The van der Waals surface area contributed by atoms with Gasteiger partial charge in [-0.15, -0.1) is 0 Å². The summed E-state index contributed by atoms with van der Waals surface area (Å²) < 4.78 is 0. The van der Waals surface area contributed by atoms with Crippen molar-refractivity contribution < 1.29 is 10.0 Å². The normalized spacial score (nSPS) is 16.3. The summed E-state index contributed by atoms with van der Waals surface area (Å²) in [7, 11) is 0. The molecule has 2 aromatic carbocycles. The standard InChI is InChI=1S/C25H35ClN2O/c1-24(2,3)21-15-18(16-22(23(21)29)25(4,5)6)17-27-11-13-28(14-12-27)20-9-7-19(26)8-10-20/h7-10,15-16,29H,11-14,17H2,1-6H3/p+1. The van der Waals surface area contributed by atoms with Crippen LogP contribution < -0.4 is 9.80 Å². The quantitative estimate of drug-likeness (QED) is 0.769. The molecule has 1 heterocycles. The molecule has 0 aliphatic carbocycles. The van der Waals surface area contributed by atoms with Gasteiger partial charge in [0.25, 0.3) is 0 Å². The van der Waals surface area contributed by atoms with E-state index < -0.39 is 0 Å². The maximum atomic E-state index is 10.9. The number of hydrogen-bond donors (Lipinski definition) is 2. The van der Waals surface area contributed by atoms with Crippen LogP contribution in [0.5, 0.6) is 5.75 Å². The summed E-state index contributed by atoms with van der Waals surface area (Å²) >= 11 is 6.02. The van der Waals surface area contributed by atoms with E-state index in [1.807, 2.05) is 12.1 Å². The molecule has 0 spiro atoms. The number of anilines is 1. The Kier molecular flexibility index (Phi) is 6.21. The highest BCUT2D eigenvalue weighted by molar-refractivity contribution is 6.30. The molecular formula is C25H36ClN2O+. The van der Waals surface area contributed by atoms with E-state index in [2.05, 4.69) is 70.7 Å². The van der Waals surface area contributed by atoms with Crippen LogP contribution in [0.1, 0.15) is 58.2 Å². The predicted octanol–water partition coefficient (Wildman–Crippen LogP) is 4.55. The third kappa shape index (κ3) is 5.26. The minimum Gasteiger partial charge on any atom is -0.507 e. The second-order valence-electron chi connectivity index (χ2n) is 10.4. The maximum Gasteiger partial charge on any atom is 0.123 e. The molecule has 0 atom stereocenters. The molecular weight excluding hydrogens is 380 g/mol. The van der Waals surface area contributed by atoms with Gasteiger partial charge in [-0.25, -0.2) is 0 Å². The van der Waals surface area contributed by atoms with Gasteiger partial charge in [0.15, 0.2) is 0 Å². The lowest BCUT2D eigenvalue weighted by molar-refractivity contribution is -0.914. The van der Waals surface area contributed by atoms with Crippen LogP contribution in [-0.2, 0) is 17.4 Å². The van der Waals surface area contributed by atoms with Crippen molar-refractivity contribution in [1.29, 1.82) is 0 Å². The van der Waals surface area contributed by atoms with Crippen molar-refractivity contribution in [2.75, 3.05) is 31.1 Å². The second kappa shape index (κ2) is 8.20. The van der Waals surface area contributed by atoms with Crippen LogP contribution in [0.25, 0.3) is 0 Å². The highest BCUT2D eigenvalue weighted by atomic mass is 35.5. The molecule has 1 saturated heterocycles. The third-order valence-corrected chi connectivity index (χ3v) is 6.15. The first-order valence-corrected chi connectivity index (χ1v) is 11.0. The Hall–Kier alpha value is -1.71. The number of quaternary nitrogens is 1. The van der Waals surface area contributed by atoms with E-state index >= 15 is 0 Å². The molecule has 4 heteroatoms. The third-order valence-electron chi connectivity index (χ3n) is 5.90. The zero-order chi connectivity index (χ0) is 21.4. The molecule has 0 unspecified atom stereocenters. The van der Waals surface area contributed by atoms with Crippen molar-refractivity contribution in [3.8, 4) is 5.75 Å². The number of piperazine rings is 1. The maximum absolute atomic E-state index is 10.9. The summed E-state index contributed by atoms with van der Waals surface area (Å²) in [6, 6.07) is 12.6. The molecule has 3 nitrogen and oxygen atoms in total. The van der Waals surface area contributed by atoms with Gasteiger partial charge in [-0.3, -0.25) is 0 Å². The van der Waals surface area contributed by atoms with Crippen LogP contribution >= 0.6 is 11.6 Å². The SMILES string of the molecule is CC(C)(C)c1cc(C[NH+]2CCN(c3ccc(Cl)cc3)CC2)cc(C(C)(C)C)c1O.